The summed E-state index contributed by atoms with van der Waals surface area (Å²) >= 11 is 0. The molecule has 130 valence electrons. The van der Waals surface area contributed by atoms with Gasteiger partial charge in [0.05, 0.1) is 0 Å². The van der Waals surface area contributed by atoms with Gasteiger partial charge in [0.1, 0.15) is 11.5 Å². The normalized spacial score (nSPS) is 20.6. The second-order valence-electron chi connectivity index (χ2n) is 7.41. The number of fused-ring (bicyclic) bond motifs is 1. The number of amides is 1. The van der Waals surface area contributed by atoms with Crippen LogP contribution in [-0.4, -0.2) is 34.9 Å². The molecule has 4 rings (SSSR count). The number of piperidine rings is 1. The fourth-order valence-corrected chi connectivity index (χ4v) is 3.96. The van der Waals surface area contributed by atoms with Gasteiger partial charge in [0, 0.05) is 24.8 Å². The summed E-state index contributed by atoms with van der Waals surface area (Å²) in [6.07, 6.45) is 3.18. The van der Waals surface area contributed by atoms with E-state index in [9.17, 15) is 4.79 Å². The van der Waals surface area contributed by atoms with E-state index in [1.54, 1.807) is 0 Å². The topological polar surface area (TPSA) is 36.4 Å². The maximum absolute atomic E-state index is 12.8. The summed E-state index contributed by atoms with van der Waals surface area (Å²) in [5, 5.41) is 0. The van der Waals surface area contributed by atoms with Crippen molar-refractivity contribution in [3.63, 3.8) is 0 Å². The van der Waals surface area contributed by atoms with Crippen molar-refractivity contribution in [2.24, 2.45) is 5.92 Å². The van der Waals surface area contributed by atoms with Crippen LogP contribution >= 0.6 is 0 Å². The molecule has 2 aliphatic rings. The van der Waals surface area contributed by atoms with Gasteiger partial charge < -0.3 is 9.80 Å². The number of rotatable bonds is 2. The maximum Gasteiger partial charge on any atom is 0.272 e. The van der Waals surface area contributed by atoms with Gasteiger partial charge in [0.15, 0.2) is 0 Å². The fourth-order valence-electron chi connectivity index (χ4n) is 3.96. The molecule has 0 N–H and O–H groups in total. The Hall–Kier alpha value is -2.36. The molecule has 0 bridgehead atoms. The molecule has 2 aromatic rings. The number of pyridine rings is 1. The summed E-state index contributed by atoms with van der Waals surface area (Å²) in [4.78, 5) is 21.8. The maximum atomic E-state index is 12.8. The van der Waals surface area contributed by atoms with Crippen molar-refractivity contribution >= 4 is 17.4 Å². The van der Waals surface area contributed by atoms with Gasteiger partial charge in [0.25, 0.3) is 5.91 Å². The molecule has 4 nitrogen and oxygen atoms in total. The number of para-hydroxylation sites is 1. The summed E-state index contributed by atoms with van der Waals surface area (Å²) < 4.78 is 0. The van der Waals surface area contributed by atoms with E-state index in [4.69, 9.17) is 4.98 Å². The lowest BCUT2D eigenvalue weighted by Gasteiger charge is -2.30. The van der Waals surface area contributed by atoms with Crippen LogP contribution in [0.1, 0.15) is 42.7 Å². The van der Waals surface area contributed by atoms with Crippen molar-refractivity contribution in [3.05, 3.63) is 53.7 Å². The number of hydrogen-bond donors (Lipinski definition) is 0. The molecular formula is C21H25N3O. The molecule has 0 aliphatic carbocycles. The molecule has 1 amide bonds. The number of likely N-dealkylation sites (tertiary alicyclic amines) is 1. The van der Waals surface area contributed by atoms with E-state index in [2.05, 4.69) is 43.0 Å². The van der Waals surface area contributed by atoms with Gasteiger partial charge in [-0.05, 0) is 55.9 Å². The summed E-state index contributed by atoms with van der Waals surface area (Å²) in [6, 6.07) is 14.6. The number of nitrogens with zero attached hydrogens (tertiary/aromatic N) is 3. The predicted molar refractivity (Wildman–Crippen MR) is 100 cm³/mol. The molecule has 2 aliphatic heterocycles. The fraction of sp³-hybridized carbons (Fsp3) is 0.429. The number of carbonyl (C=O) groups is 1. The first-order chi connectivity index (χ1) is 12.1. The first-order valence-electron chi connectivity index (χ1n) is 9.27. The second kappa shape index (κ2) is 6.51. The predicted octanol–water partition coefficient (Wildman–Crippen LogP) is 4.04. The smallest absolute Gasteiger partial charge is 0.272 e. The van der Waals surface area contributed by atoms with Crippen LogP contribution in [0.3, 0.4) is 0 Å². The summed E-state index contributed by atoms with van der Waals surface area (Å²) in [7, 11) is 0. The number of carbonyl (C=O) groups excluding carboxylic acids is 1. The molecule has 1 unspecified atom stereocenters. The van der Waals surface area contributed by atoms with Gasteiger partial charge in [-0.25, -0.2) is 4.98 Å². The number of hydrogen-bond acceptors (Lipinski definition) is 3. The highest BCUT2D eigenvalue weighted by Crippen LogP contribution is 2.37. The molecule has 1 saturated heterocycles. The quantitative estimate of drug-likeness (QED) is 0.831. The molecular weight excluding hydrogens is 310 g/mol. The summed E-state index contributed by atoms with van der Waals surface area (Å²) in [5.41, 5.74) is 3.11. The average molecular weight is 335 g/mol. The largest absolute Gasteiger partial charge is 0.337 e. The Balaban J connectivity index is 1.61. The first kappa shape index (κ1) is 16.1. The highest BCUT2D eigenvalue weighted by Gasteiger charge is 2.29. The summed E-state index contributed by atoms with van der Waals surface area (Å²) in [6.45, 7) is 6.15. The Bertz CT molecular complexity index is 780. The van der Waals surface area contributed by atoms with E-state index in [1.807, 2.05) is 23.1 Å². The zero-order valence-corrected chi connectivity index (χ0v) is 15.0. The standard InChI is InChI=1S/C21H25N3O/c1-15-10-12-23(13-11-15)21(25)18-7-5-9-20(22-18)24-16(2)14-17-6-3-4-8-19(17)24/h3-9,15-16H,10-14H2,1-2H3. The van der Waals surface area contributed by atoms with Crippen LogP contribution in [0.5, 0.6) is 0 Å². The van der Waals surface area contributed by atoms with Gasteiger partial charge in [-0.3, -0.25) is 4.79 Å². The van der Waals surface area contributed by atoms with Crippen LogP contribution in [0.25, 0.3) is 0 Å². The molecule has 1 aromatic carbocycles. The minimum atomic E-state index is 0.0638. The van der Waals surface area contributed by atoms with E-state index >= 15 is 0 Å². The van der Waals surface area contributed by atoms with E-state index in [-0.39, 0.29) is 5.91 Å². The molecule has 1 fully saturated rings. The van der Waals surface area contributed by atoms with Crippen molar-refractivity contribution < 1.29 is 4.79 Å². The lowest BCUT2D eigenvalue weighted by Crippen LogP contribution is -2.38. The van der Waals surface area contributed by atoms with Gasteiger partial charge in [-0.15, -0.1) is 0 Å². The van der Waals surface area contributed by atoms with Crippen molar-refractivity contribution in [3.8, 4) is 0 Å². The van der Waals surface area contributed by atoms with Gasteiger partial charge >= 0.3 is 0 Å². The van der Waals surface area contributed by atoms with Crippen molar-refractivity contribution in [2.75, 3.05) is 18.0 Å². The third-order valence-electron chi connectivity index (χ3n) is 5.48. The average Bonchev–Trinajstić information content (AvgIpc) is 2.97. The van der Waals surface area contributed by atoms with Crippen molar-refractivity contribution in [1.82, 2.24) is 9.88 Å². The van der Waals surface area contributed by atoms with Crippen molar-refractivity contribution in [2.45, 2.75) is 39.2 Å². The van der Waals surface area contributed by atoms with Crippen LogP contribution in [0.15, 0.2) is 42.5 Å². The third-order valence-corrected chi connectivity index (χ3v) is 5.48. The molecule has 3 heterocycles. The molecule has 0 saturated carbocycles. The monoisotopic (exact) mass is 335 g/mol. The molecule has 4 heteroatoms. The SMILES string of the molecule is CC1CCN(C(=O)c2cccc(N3c4ccccc4CC3C)n2)CC1. The number of anilines is 2. The minimum Gasteiger partial charge on any atom is -0.337 e. The third kappa shape index (κ3) is 3.01. The molecule has 1 aromatic heterocycles. The van der Waals surface area contributed by atoms with E-state index in [0.29, 0.717) is 17.7 Å². The first-order valence-corrected chi connectivity index (χ1v) is 9.27. The van der Waals surface area contributed by atoms with Gasteiger partial charge in [0.2, 0.25) is 0 Å². The molecule has 0 spiro atoms. The van der Waals surface area contributed by atoms with E-state index in [0.717, 1.165) is 38.2 Å². The Kier molecular flexibility index (Phi) is 4.20. The van der Waals surface area contributed by atoms with Crippen LogP contribution in [0.2, 0.25) is 0 Å². The van der Waals surface area contributed by atoms with E-state index < -0.39 is 0 Å². The number of benzene rings is 1. The summed E-state index contributed by atoms with van der Waals surface area (Å²) in [5.74, 6) is 1.65. The Labute approximate surface area is 149 Å². The van der Waals surface area contributed by atoms with Crippen LogP contribution in [-0.2, 0) is 6.42 Å². The highest BCUT2D eigenvalue weighted by atomic mass is 16.2. The zero-order valence-electron chi connectivity index (χ0n) is 15.0. The lowest BCUT2D eigenvalue weighted by molar-refractivity contribution is 0.0691. The van der Waals surface area contributed by atoms with Crippen LogP contribution < -0.4 is 4.90 Å². The Morgan fingerprint density at radius 3 is 2.60 bits per heavy atom. The highest BCUT2D eigenvalue weighted by molar-refractivity contribution is 5.93. The lowest BCUT2D eigenvalue weighted by atomic mass is 9.99. The Morgan fingerprint density at radius 1 is 1.04 bits per heavy atom. The van der Waals surface area contributed by atoms with Gasteiger partial charge in [-0.2, -0.15) is 0 Å². The molecule has 25 heavy (non-hydrogen) atoms. The van der Waals surface area contributed by atoms with Gasteiger partial charge in [-0.1, -0.05) is 31.2 Å². The zero-order chi connectivity index (χ0) is 17.4. The van der Waals surface area contributed by atoms with Crippen LogP contribution in [0, 0.1) is 5.92 Å². The van der Waals surface area contributed by atoms with E-state index in [1.165, 1.54) is 11.3 Å². The molecule has 1 atom stereocenters. The second-order valence-corrected chi connectivity index (χ2v) is 7.41. The molecule has 0 radical (unpaired) electrons. The number of aromatic nitrogens is 1. The van der Waals surface area contributed by atoms with Crippen molar-refractivity contribution in [1.29, 1.82) is 0 Å². The minimum absolute atomic E-state index is 0.0638. The van der Waals surface area contributed by atoms with Crippen LogP contribution in [0.4, 0.5) is 11.5 Å². The Morgan fingerprint density at radius 2 is 1.80 bits per heavy atom.